The number of nitrogens with zero attached hydrogens (tertiary/aromatic N) is 2. The van der Waals surface area contributed by atoms with Gasteiger partial charge in [-0.1, -0.05) is 37.6 Å². The number of pyridine rings is 1. The monoisotopic (exact) mass is 505 g/mol. The number of hydrogen-bond acceptors (Lipinski definition) is 7. The number of carbonyl (C=O) groups excluding carboxylic acids is 2. The third-order valence-electron chi connectivity index (χ3n) is 6.44. The van der Waals surface area contributed by atoms with Gasteiger partial charge in [-0.05, 0) is 49.0 Å². The van der Waals surface area contributed by atoms with Crippen molar-refractivity contribution in [3.05, 3.63) is 46.8 Å². The smallest absolute Gasteiger partial charge is 0.410 e. The minimum absolute atomic E-state index is 0.0250. The predicted molar refractivity (Wildman–Crippen MR) is 135 cm³/mol. The zero-order valence-corrected chi connectivity index (χ0v) is 21.4. The molecule has 2 N–H and O–H groups in total. The number of aliphatic hydroxyl groups is 1. The Hall–Kier alpha value is -2.42. The second kappa shape index (κ2) is 13.0. The lowest BCUT2D eigenvalue weighted by Gasteiger charge is -2.31. The van der Waals surface area contributed by atoms with Crippen molar-refractivity contribution >= 4 is 29.7 Å². The van der Waals surface area contributed by atoms with Gasteiger partial charge in [-0.2, -0.15) is 0 Å². The number of aliphatic hydroxyl groups excluding tert-OH is 1. The third-order valence-corrected chi connectivity index (χ3v) is 6.65. The van der Waals surface area contributed by atoms with Crippen molar-refractivity contribution in [2.75, 3.05) is 26.2 Å². The molecule has 35 heavy (non-hydrogen) atoms. The molecular formula is C26H36ClN3O5. The van der Waals surface area contributed by atoms with Crippen LogP contribution in [0.4, 0.5) is 4.79 Å². The van der Waals surface area contributed by atoms with Crippen molar-refractivity contribution < 1.29 is 24.2 Å². The van der Waals surface area contributed by atoms with E-state index in [1.54, 1.807) is 23.4 Å². The Kier molecular flexibility index (Phi) is 10.1. The standard InChI is InChI=1S/C26H36ClN3O5/c1-17-4-6-22(31)14-24(32)35-25(19(3)12-20-13-21(27)16-29-15-20)18(2)5-7-23(17)34-26(33)30-10-8-28-9-11-30/h5,7,12-13,15-18,22-23,25,28,31H,4,6,8-11,14H2,1-3H3/b7-5?,19-12+/t17-,18-,22-,23+,25-/m1/s1. The summed E-state index contributed by atoms with van der Waals surface area (Å²) >= 11 is 6.07. The van der Waals surface area contributed by atoms with Gasteiger partial charge in [0.2, 0.25) is 0 Å². The quantitative estimate of drug-likeness (QED) is 0.475. The zero-order valence-electron chi connectivity index (χ0n) is 20.7. The summed E-state index contributed by atoms with van der Waals surface area (Å²) in [7, 11) is 0. The number of ether oxygens (including phenoxy) is 2. The number of esters is 1. The lowest BCUT2D eigenvalue weighted by atomic mass is 9.91. The second-order valence-corrected chi connectivity index (χ2v) is 9.91. The van der Waals surface area contributed by atoms with Crippen LogP contribution in [0, 0.1) is 11.8 Å². The van der Waals surface area contributed by atoms with Gasteiger partial charge >= 0.3 is 12.1 Å². The van der Waals surface area contributed by atoms with Gasteiger partial charge in [-0.15, -0.1) is 0 Å². The number of aromatic nitrogens is 1. The molecule has 0 aromatic carbocycles. The molecule has 1 saturated heterocycles. The molecule has 3 heterocycles. The van der Waals surface area contributed by atoms with Gasteiger partial charge in [0.15, 0.2) is 0 Å². The molecule has 0 spiro atoms. The van der Waals surface area contributed by atoms with Crippen molar-refractivity contribution in [2.45, 2.75) is 58.3 Å². The van der Waals surface area contributed by atoms with E-state index < -0.39 is 24.3 Å². The molecule has 1 aromatic rings. The van der Waals surface area contributed by atoms with E-state index in [2.05, 4.69) is 10.3 Å². The maximum absolute atomic E-state index is 12.8. The minimum atomic E-state index is -0.824. The number of cyclic esters (lactones) is 1. The van der Waals surface area contributed by atoms with Gasteiger partial charge in [-0.3, -0.25) is 9.78 Å². The largest absolute Gasteiger partial charge is 0.457 e. The van der Waals surface area contributed by atoms with E-state index in [1.807, 2.05) is 39.0 Å². The molecule has 1 amide bonds. The van der Waals surface area contributed by atoms with Gasteiger partial charge in [-0.25, -0.2) is 4.79 Å². The SMILES string of the molecule is C/C(=C\c1cncc(Cl)c1)[C@@H]1OC(=O)C[C@H](O)CC[C@@H](C)[C@@H](OC(=O)N2CCNCC2)C=C[C@H]1C. The zero-order chi connectivity index (χ0) is 25.4. The van der Waals surface area contributed by atoms with Crippen molar-refractivity contribution in [2.24, 2.45) is 11.8 Å². The first-order valence-electron chi connectivity index (χ1n) is 12.2. The van der Waals surface area contributed by atoms with Gasteiger partial charge < -0.3 is 24.8 Å². The summed E-state index contributed by atoms with van der Waals surface area (Å²) in [6.45, 7) is 8.54. The summed E-state index contributed by atoms with van der Waals surface area (Å²) in [6, 6.07) is 1.78. The molecule has 0 saturated carbocycles. The molecule has 0 bridgehead atoms. The van der Waals surface area contributed by atoms with Gasteiger partial charge in [0.25, 0.3) is 0 Å². The molecule has 0 aliphatic carbocycles. The van der Waals surface area contributed by atoms with Gasteiger partial charge in [0.1, 0.15) is 12.2 Å². The Balaban J connectivity index is 1.83. The fourth-order valence-electron chi connectivity index (χ4n) is 4.34. The molecule has 1 aromatic heterocycles. The molecule has 0 unspecified atom stereocenters. The topological polar surface area (TPSA) is 101 Å². The Bertz CT molecular complexity index is 931. The first kappa shape index (κ1) is 27.2. The maximum atomic E-state index is 12.8. The fourth-order valence-corrected chi connectivity index (χ4v) is 4.52. The van der Waals surface area contributed by atoms with E-state index in [1.165, 1.54) is 0 Å². The Morgan fingerprint density at radius 3 is 2.71 bits per heavy atom. The van der Waals surface area contributed by atoms with Crippen molar-refractivity contribution in [3.63, 3.8) is 0 Å². The normalized spacial score (nSPS) is 29.1. The second-order valence-electron chi connectivity index (χ2n) is 9.48. The van der Waals surface area contributed by atoms with E-state index in [-0.39, 0.29) is 24.3 Å². The third kappa shape index (κ3) is 8.33. The first-order chi connectivity index (χ1) is 16.7. The van der Waals surface area contributed by atoms with Crippen LogP contribution in [-0.2, 0) is 14.3 Å². The summed E-state index contributed by atoms with van der Waals surface area (Å²) in [5, 5.41) is 14.2. The number of halogens is 1. The fraction of sp³-hybridized carbons (Fsp3) is 0.577. The van der Waals surface area contributed by atoms with Gasteiger partial charge in [0.05, 0.1) is 17.5 Å². The highest BCUT2D eigenvalue weighted by molar-refractivity contribution is 6.30. The predicted octanol–water partition coefficient (Wildman–Crippen LogP) is 3.83. The lowest BCUT2D eigenvalue weighted by Crippen LogP contribution is -2.47. The molecule has 2 aliphatic rings. The van der Waals surface area contributed by atoms with Crippen LogP contribution in [0.2, 0.25) is 5.02 Å². The van der Waals surface area contributed by atoms with Crippen LogP contribution in [-0.4, -0.2) is 71.5 Å². The molecule has 2 aliphatic heterocycles. The number of carbonyl (C=O) groups is 2. The Labute approximate surface area is 212 Å². The molecule has 0 radical (unpaired) electrons. The highest BCUT2D eigenvalue weighted by Crippen LogP contribution is 2.26. The molecule has 9 heteroatoms. The highest BCUT2D eigenvalue weighted by Gasteiger charge is 2.28. The van der Waals surface area contributed by atoms with E-state index in [0.29, 0.717) is 31.0 Å². The average Bonchev–Trinajstić information content (AvgIpc) is 2.83. The summed E-state index contributed by atoms with van der Waals surface area (Å²) in [4.78, 5) is 31.2. The molecule has 192 valence electrons. The number of piperazine rings is 1. The van der Waals surface area contributed by atoms with E-state index in [4.69, 9.17) is 21.1 Å². The van der Waals surface area contributed by atoms with Crippen LogP contribution in [0.1, 0.15) is 45.6 Å². The highest BCUT2D eigenvalue weighted by atomic mass is 35.5. The Morgan fingerprint density at radius 2 is 2.00 bits per heavy atom. The van der Waals surface area contributed by atoms with Gasteiger partial charge in [0, 0.05) is 44.5 Å². The molecule has 1 fully saturated rings. The van der Waals surface area contributed by atoms with Crippen molar-refractivity contribution in [3.8, 4) is 0 Å². The van der Waals surface area contributed by atoms with E-state index >= 15 is 0 Å². The lowest BCUT2D eigenvalue weighted by molar-refractivity contribution is -0.151. The van der Waals surface area contributed by atoms with Crippen LogP contribution in [0.5, 0.6) is 0 Å². The van der Waals surface area contributed by atoms with Crippen LogP contribution in [0.15, 0.2) is 36.2 Å². The number of amides is 1. The summed E-state index contributed by atoms with van der Waals surface area (Å²) < 4.78 is 11.7. The molecular weight excluding hydrogens is 470 g/mol. The van der Waals surface area contributed by atoms with Crippen LogP contribution >= 0.6 is 11.6 Å². The summed E-state index contributed by atoms with van der Waals surface area (Å²) in [5.41, 5.74) is 1.61. The maximum Gasteiger partial charge on any atom is 0.410 e. The number of rotatable bonds is 3. The van der Waals surface area contributed by atoms with Crippen LogP contribution in [0.3, 0.4) is 0 Å². The van der Waals surface area contributed by atoms with Crippen molar-refractivity contribution in [1.82, 2.24) is 15.2 Å². The Morgan fingerprint density at radius 1 is 1.26 bits per heavy atom. The van der Waals surface area contributed by atoms with E-state index in [0.717, 1.165) is 24.2 Å². The molecule has 8 nitrogen and oxygen atoms in total. The summed E-state index contributed by atoms with van der Waals surface area (Å²) in [5.74, 6) is -0.677. The average molecular weight is 506 g/mol. The molecule has 5 atom stereocenters. The summed E-state index contributed by atoms with van der Waals surface area (Å²) in [6.07, 6.45) is 7.71. The minimum Gasteiger partial charge on any atom is -0.457 e. The van der Waals surface area contributed by atoms with Crippen LogP contribution in [0.25, 0.3) is 6.08 Å². The first-order valence-corrected chi connectivity index (χ1v) is 12.6. The molecule has 3 rings (SSSR count). The van der Waals surface area contributed by atoms with Crippen LogP contribution < -0.4 is 5.32 Å². The van der Waals surface area contributed by atoms with Crippen molar-refractivity contribution in [1.29, 1.82) is 0 Å². The van der Waals surface area contributed by atoms with E-state index in [9.17, 15) is 14.7 Å². The number of hydrogen-bond donors (Lipinski definition) is 2. The number of nitrogens with one attached hydrogen (secondary N) is 1.